The molecule has 8 nitrogen and oxygen atoms in total. The Morgan fingerprint density at radius 1 is 1.39 bits per heavy atom. The number of rotatable bonds is 7. The van der Waals surface area contributed by atoms with Gasteiger partial charge < -0.3 is 14.6 Å². The van der Waals surface area contributed by atoms with E-state index in [4.69, 9.17) is 19.8 Å². The van der Waals surface area contributed by atoms with Gasteiger partial charge in [-0.25, -0.2) is 4.79 Å². The lowest BCUT2D eigenvalue weighted by Gasteiger charge is -2.05. The van der Waals surface area contributed by atoms with E-state index in [9.17, 15) is 4.79 Å². The standard InChI is InChI=1S/C15H16N4O4/c16-9-12-13(18-19-14(12)22-8-4-7-20)17-15(21)23-10-11-5-2-1-3-6-11/h1-3,5-6,20H,4,7-8,10H2,(H2,17,18,19,21). The molecule has 0 spiro atoms. The molecule has 0 radical (unpaired) electrons. The Morgan fingerprint density at radius 2 is 2.17 bits per heavy atom. The van der Waals surface area contributed by atoms with Gasteiger partial charge in [0.2, 0.25) is 0 Å². The Morgan fingerprint density at radius 3 is 2.87 bits per heavy atom. The van der Waals surface area contributed by atoms with Crippen LogP contribution in [0.4, 0.5) is 10.6 Å². The Bertz CT molecular complexity index is 679. The molecule has 0 unspecified atom stereocenters. The van der Waals surface area contributed by atoms with Crippen LogP contribution in [0.15, 0.2) is 30.3 Å². The van der Waals surface area contributed by atoms with Crippen molar-refractivity contribution in [2.75, 3.05) is 18.5 Å². The third kappa shape index (κ3) is 4.72. The molecular weight excluding hydrogens is 300 g/mol. The van der Waals surface area contributed by atoms with Crippen molar-refractivity contribution >= 4 is 11.9 Å². The Balaban J connectivity index is 1.91. The molecule has 1 aromatic carbocycles. The molecule has 1 amide bonds. The zero-order valence-corrected chi connectivity index (χ0v) is 12.3. The number of amides is 1. The first kappa shape index (κ1) is 16.3. The lowest BCUT2D eigenvalue weighted by atomic mass is 10.2. The minimum absolute atomic E-state index is 0.0246. The average Bonchev–Trinajstić information content (AvgIpc) is 2.96. The number of anilines is 1. The van der Waals surface area contributed by atoms with Gasteiger partial charge in [-0.3, -0.25) is 10.4 Å². The molecule has 0 aliphatic carbocycles. The molecule has 0 aliphatic heterocycles. The third-order valence-corrected chi connectivity index (χ3v) is 2.83. The van der Waals surface area contributed by atoms with Gasteiger partial charge in [0.05, 0.1) is 6.61 Å². The molecule has 1 heterocycles. The molecule has 0 aliphatic rings. The van der Waals surface area contributed by atoms with Crippen LogP contribution >= 0.6 is 0 Å². The summed E-state index contributed by atoms with van der Waals surface area (Å²) in [5.74, 6) is 0.170. The van der Waals surface area contributed by atoms with Gasteiger partial charge in [-0.1, -0.05) is 30.3 Å². The van der Waals surface area contributed by atoms with Gasteiger partial charge in [0.15, 0.2) is 11.4 Å². The highest BCUT2D eigenvalue weighted by Crippen LogP contribution is 2.22. The lowest BCUT2D eigenvalue weighted by Crippen LogP contribution is -2.14. The van der Waals surface area contributed by atoms with Crippen LogP contribution in [0.3, 0.4) is 0 Å². The van der Waals surface area contributed by atoms with E-state index < -0.39 is 6.09 Å². The number of aromatic amines is 1. The normalized spacial score (nSPS) is 9.91. The third-order valence-electron chi connectivity index (χ3n) is 2.83. The van der Waals surface area contributed by atoms with Crippen molar-refractivity contribution < 1.29 is 19.4 Å². The minimum atomic E-state index is -0.712. The molecule has 1 aromatic heterocycles. The summed E-state index contributed by atoms with van der Waals surface area (Å²) in [7, 11) is 0. The van der Waals surface area contributed by atoms with Crippen molar-refractivity contribution in [3.63, 3.8) is 0 Å². The average molecular weight is 316 g/mol. The number of carbonyl (C=O) groups is 1. The predicted octanol–water partition coefficient (Wildman–Crippen LogP) is 1.79. The maximum absolute atomic E-state index is 11.8. The number of carbonyl (C=O) groups excluding carboxylic acids is 1. The summed E-state index contributed by atoms with van der Waals surface area (Å²) in [5, 5.41) is 26.6. The predicted molar refractivity (Wildman–Crippen MR) is 80.8 cm³/mol. The smallest absolute Gasteiger partial charge is 0.413 e. The molecule has 0 bridgehead atoms. The van der Waals surface area contributed by atoms with Gasteiger partial charge in [0, 0.05) is 13.0 Å². The Kier molecular flexibility index (Phi) is 5.97. The molecule has 120 valence electrons. The Labute approximate surface area is 132 Å². The van der Waals surface area contributed by atoms with Crippen molar-refractivity contribution in [1.82, 2.24) is 10.2 Å². The van der Waals surface area contributed by atoms with Crippen LogP contribution in [0.2, 0.25) is 0 Å². The van der Waals surface area contributed by atoms with Crippen molar-refractivity contribution in [2.45, 2.75) is 13.0 Å². The van der Waals surface area contributed by atoms with Crippen LogP contribution in [0.1, 0.15) is 17.5 Å². The zero-order chi connectivity index (χ0) is 16.5. The molecule has 2 aromatic rings. The SMILES string of the molecule is N#Cc1c(OCCCO)n[nH]c1NC(=O)OCc1ccccc1. The van der Waals surface area contributed by atoms with E-state index >= 15 is 0 Å². The molecule has 0 fully saturated rings. The van der Waals surface area contributed by atoms with Crippen LogP contribution in [-0.4, -0.2) is 34.6 Å². The molecule has 0 saturated carbocycles. The van der Waals surface area contributed by atoms with E-state index in [0.29, 0.717) is 6.42 Å². The van der Waals surface area contributed by atoms with Crippen molar-refractivity contribution in [1.29, 1.82) is 5.26 Å². The lowest BCUT2D eigenvalue weighted by molar-refractivity contribution is 0.155. The van der Waals surface area contributed by atoms with Crippen LogP contribution in [0.5, 0.6) is 5.88 Å². The number of H-pyrrole nitrogens is 1. The largest absolute Gasteiger partial charge is 0.476 e. The number of hydrogen-bond acceptors (Lipinski definition) is 6. The second-order valence-electron chi connectivity index (χ2n) is 4.50. The van der Waals surface area contributed by atoms with E-state index in [-0.39, 0.29) is 37.1 Å². The van der Waals surface area contributed by atoms with Gasteiger partial charge in [0.25, 0.3) is 5.88 Å². The molecular formula is C15H16N4O4. The number of ether oxygens (including phenoxy) is 2. The molecule has 8 heteroatoms. The summed E-state index contributed by atoms with van der Waals surface area (Å²) in [4.78, 5) is 11.8. The van der Waals surface area contributed by atoms with Gasteiger partial charge in [-0.2, -0.15) is 5.26 Å². The second kappa shape index (κ2) is 8.41. The summed E-state index contributed by atoms with van der Waals surface area (Å²) in [6.07, 6.45) is -0.296. The molecule has 23 heavy (non-hydrogen) atoms. The summed E-state index contributed by atoms with van der Waals surface area (Å²) in [5.41, 5.74) is 0.917. The number of nitriles is 1. The highest BCUT2D eigenvalue weighted by Gasteiger charge is 2.17. The van der Waals surface area contributed by atoms with Crippen molar-refractivity contribution in [3.8, 4) is 11.9 Å². The summed E-state index contributed by atoms with van der Waals surface area (Å²) < 4.78 is 10.3. The van der Waals surface area contributed by atoms with Crippen LogP contribution in [-0.2, 0) is 11.3 Å². The summed E-state index contributed by atoms with van der Waals surface area (Å²) in [6, 6.07) is 11.1. The highest BCUT2D eigenvalue weighted by atomic mass is 16.5. The van der Waals surface area contributed by atoms with Crippen molar-refractivity contribution in [2.24, 2.45) is 0 Å². The summed E-state index contributed by atoms with van der Waals surface area (Å²) in [6.45, 7) is 0.305. The Hall–Kier alpha value is -3.05. The molecule has 2 rings (SSSR count). The monoisotopic (exact) mass is 316 g/mol. The second-order valence-corrected chi connectivity index (χ2v) is 4.50. The van der Waals surface area contributed by atoms with E-state index in [1.807, 2.05) is 36.4 Å². The number of aliphatic hydroxyl groups excluding tert-OH is 1. The van der Waals surface area contributed by atoms with E-state index in [0.717, 1.165) is 5.56 Å². The van der Waals surface area contributed by atoms with Gasteiger partial charge >= 0.3 is 6.09 Å². The molecule has 0 saturated heterocycles. The topological polar surface area (TPSA) is 120 Å². The number of nitrogens with zero attached hydrogens (tertiary/aromatic N) is 2. The number of aliphatic hydroxyl groups is 1. The van der Waals surface area contributed by atoms with Gasteiger partial charge in [-0.15, -0.1) is 5.10 Å². The number of nitrogens with one attached hydrogen (secondary N) is 2. The van der Waals surface area contributed by atoms with E-state index in [1.165, 1.54) is 0 Å². The van der Waals surface area contributed by atoms with Crippen LogP contribution < -0.4 is 10.1 Å². The first-order valence-electron chi connectivity index (χ1n) is 6.94. The number of hydrogen-bond donors (Lipinski definition) is 3. The molecule has 3 N–H and O–H groups in total. The highest BCUT2D eigenvalue weighted by molar-refractivity contribution is 5.85. The first-order valence-corrected chi connectivity index (χ1v) is 6.94. The van der Waals surface area contributed by atoms with Gasteiger partial charge in [0.1, 0.15) is 12.7 Å². The number of benzene rings is 1. The van der Waals surface area contributed by atoms with E-state index in [1.54, 1.807) is 0 Å². The fourth-order valence-electron chi connectivity index (χ4n) is 1.72. The quantitative estimate of drug-likeness (QED) is 0.670. The van der Waals surface area contributed by atoms with Crippen molar-refractivity contribution in [3.05, 3.63) is 41.5 Å². The van der Waals surface area contributed by atoms with Crippen LogP contribution in [0, 0.1) is 11.3 Å². The number of aromatic nitrogens is 2. The maximum Gasteiger partial charge on any atom is 0.413 e. The first-order chi connectivity index (χ1) is 11.2. The van der Waals surface area contributed by atoms with Crippen LogP contribution in [0.25, 0.3) is 0 Å². The fourth-order valence-corrected chi connectivity index (χ4v) is 1.72. The zero-order valence-electron chi connectivity index (χ0n) is 12.3. The fraction of sp³-hybridized carbons (Fsp3) is 0.267. The van der Waals surface area contributed by atoms with Gasteiger partial charge in [-0.05, 0) is 5.56 Å². The molecule has 0 atom stereocenters. The minimum Gasteiger partial charge on any atom is -0.476 e. The van der Waals surface area contributed by atoms with E-state index in [2.05, 4.69) is 15.5 Å². The summed E-state index contributed by atoms with van der Waals surface area (Å²) >= 11 is 0. The maximum atomic E-state index is 11.8.